The number of methoxy groups -OCH3 is 1. The molecule has 3 aromatic heterocycles. The zero-order valence-corrected chi connectivity index (χ0v) is 44.0. The van der Waals surface area contributed by atoms with Crippen LogP contribution in [0.25, 0.3) is 22.3 Å². The van der Waals surface area contributed by atoms with Crippen LogP contribution >= 0.6 is 0 Å². The summed E-state index contributed by atoms with van der Waals surface area (Å²) < 4.78 is 30.1. The number of allylic oxidation sites excluding steroid dienone is 1. The fourth-order valence-corrected chi connectivity index (χ4v) is 9.95. The first-order chi connectivity index (χ1) is 34.7. The molecule has 5 heterocycles. The Hall–Kier alpha value is -4.86. The summed E-state index contributed by atoms with van der Waals surface area (Å²) in [6, 6.07) is 10.8. The maximum atomic E-state index is 13.9. The fraction of sp³-hybridized carbons (Fsp3) is 0.588. The number of Topliss-reactive ketones (excluding diaryl/α,β-unsaturated/α-hetero) is 1. The van der Waals surface area contributed by atoms with Gasteiger partial charge in [0.2, 0.25) is 5.82 Å². The van der Waals surface area contributed by atoms with E-state index < -0.39 is 17.6 Å². The van der Waals surface area contributed by atoms with E-state index in [0.29, 0.717) is 114 Å². The molecule has 0 saturated carbocycles. The molecule has 20 heteroatoms. The number of amides is 2. The summed E-state index contributed by atoms with van der Waals surface area (Å²) in [4.78, 5) is 60.9. The SMILES string of the molecule is CCCC(CCC)c1ccc(C(C#N)=C2CCN(C(=O)C(=O)c3c[nH]c4c(-n5cnc(C(=O)NCCCN6CCN(CCOCCOCCOCCOC[I-]C)C(CO)C6)n5)ncc(OC)c34)CC2)cc1. The van der Waals surface area contributed by atoms with Crippen LogP contribution in [0.2, 0.25) is 0 Å². The van der Waals surface area contributed by atoms with Gasteiger partial charge in [-0.05, 0) is 61.3 Å². The number of hydrogen-bond acceptors (Lipinski definition) is 15. The molecule has 1 aromatic carbocycles. The van der Waals surface area contributed by atoms with E-state index in [2.05, 4.69) is 72.1 Å². The minimum absolute atomic E-state index is 0.00654. The van der Waals surface area contributed by atoms with Crippen LogP contribution in [-0.4, -0.2) is 190 Å². The molecule has 2 fully saturated rings. The molecule has 19 nitrogen and oxygen atoms in total. The number of nitriles is 1. The van der Waals surface area contributed by atoms with Crippen molar-refractivity contribution < 1.29 is 64.4 Å². The number of nitrogens with one attached hydrogen (secondary N) is 2. The number of piperazine rings is 1. The standard InChI is InChI=1S/C51H72IN10O9/c1-5-8-37(9-6-2)38-10-12-39(13-11-38)42(30-53)40-14-18-61(19-15-40)51(66)47(64)43-31-55-46-45(43)44(67-4)32-56-49(46)62-36-57-48(58-62)50(65)54-16-7-17-59-20-21-60(41(33-59)34-63)22-23-68-24-25-69-26-27-70-28-29-71-35-52-3/h10-13,31-32,36-37,41,55,63H,5-9,14-29,33-35H2,1-4H3,(H,54,65)/q-1. The first kappa shape index (κ1) is 55.5. The topological polar surface area (TPSA) is 223 Å². The number of aromatic amines is 1. The van der Waals surface area contributed by atoms with Crippen molar-refractivity contribution in [3.05, 3.63) is 71.1 Å². The zero-order chi connectivity index (χ0) is 50.4. The van der Waals surface area contributed by atoms with Crippen LogP contribution in [0.3, 0.4) is 0 Å². The molecule has 6 rings (SSSR count). The van der Waals surface area contributed by atoms with E-state index in [9.17, 15) is 24.8 Å². The molecular formula is C51H72IN10O9-. The third-order valence-corrected chi connectivity index (χ3v) is 14.0. The van der Waals surface area contributed by atoms with Gasteiger partial charge in [0.05, 0.1) is 48.0 Å². The molecule has 388 valence electrons. The van der Waals surface area contributed by atoms with Crippen molar-refractivity contribution in [3.63, 3.8) is 0 Å². The predicted octanol–water partition coefficient (Wildman–Crippen LogP) is 1.46. The van der Waals surface area contributed by atoms with Crippen molar-refractivity contribution in [2.45, 2.75) is 70.8 Å². The molecule has 4 aromatic rings. The van der Waals surface area contributed by atoms with Gasteiger partial charge in [0.1, 0.15) is 12.1 Å². The molecule has 2 saturated heterocycles. The number of rotatable bonds is 30. The molecule has 0 radical (unpaired) electrons. The number of H-pyrrole nitrogens is 1. The maximum Gasteiger partial charge on any atom is 0.147 e. The number of aromatic nitrogens is 5. The van der Waals surface area contributed by atoms with Gasteiger partial charge in [0.15, 0.2) is 5.82 Å². The molecule has 0 aliphatic carbocycles. The number of fused-ring (bicyclic) bond motifs is 1. The van der Waals surface area contributed by atoms with Crippen LogP contribution in [0.4, 0.5) is 0 Å². The van der Waals surface area contributed by atoms with Gasteiger partial charge in [0.25, 0.3) is 17.6 Å². The molecule has 0 bridgehead atoms. The first-order valence-corrected chi connectivity index (χ1v) is 28.6. The van der Waals surface area contributed by atoms with Gasteiger partial charge >= 0.3 is 95.9 Å². The molecule has 1 atom stereocenters. The van der Waals surface area contributed by atoms with E-state index >= 15 is 0 Å². The molecule has 2 amide bonds. The Labute approximate surface area is 427 Å². The zero-order valence-electron chi connectivity index (χ0n) is 41.8. The number of likely N-dealkylation sites (tertiary alicyclic amines) is 1. The Morgan fingerprint density at radius 3 is 2.27 bits per heavy atom. The van der Waals surface area contributed by atoms with Crippen LogP contribution < -0.4 is 31.3 Å². The molecule has 2 aliphatic heterocycles. The molecule has 2 aliphatic rings. The van der Waals surface area contributed by atoms with Gasteiger partial charge in [-0.2, -0.15) is 9.94 Å². The Morgan fingerprint density at radius 1 is 0.930 bits per heavy atom. The van der Waals surface area contributed by atoms with Crippen molar-refractivity contribution >= 4 is 34.1 Å². The van der Waals surface area contributed by atoms with Crippen LogP contribution in [0.5, 0.6) is 5.75 Å². The van der Waals surface area contributed by atoms with E-state index in [-0.39, 0.29) is 56.8 Å². The van der Waals surface area contributed by atoms with Crippen molar-refractivity contribution in [2.75, 3.05) is 122 Å². The molecule has 0 spiro atoms. The van der Waals surface area contributed by atoms with Gasteiger partial charge in [-0.3, -0.25) is 19.3 Å². The number of carbonyl (C=O) groups excluding carboxylic acids is 3. The maximum absolute atomic E-state index is 13.9. The summed E-state index contributed by atoms with van der Waals surface area (Å²) in [5, 5.41) is 28.0. The number of aliphatic hydroxyl groups excluding tert-OH is 1. The number of hydrogen-bond donors (Lipinski definition) is 3. The number of ketones is 1. The monoisotopic (exact) mass is 1100 g/mol. The molecule has 71 heavy (non-hydrogen) atoms. The second-order valence-corrected chi connectivity index (χ2v) is 19.8. The van der Waals surface area contributed by atoms with Gasteiger partial charge < -0.3 is 29.9 Å². The van der Waals surface area contributed by atoms with Gasteiger partial charge in [-0.1, -0.05) is 51.0 Å². The Bertz CT molecular complexity index is 2370. The molecule has 1 unspecified atom stereocenters. The Kier molecular flexibility index (Phi) is 23.1. The summed E-state index contributed by atoms with van der Waals surface area (Å²) in [7, 11) is 1.46. The second-order valence-electron chi connectivity index (χ2n) is 17.6. The summed E-state index contributed by atoms with van der Waals surface area (Å²) in [6.07, 6.45) is 10.4. The second kappa shape index (κ2) is 29.6. The normalized spacial score (nSPS) is 15.7. The van der Waals surface area contributed by atoms with Crippen LogP contribution in [-0.2, 0) is 23.7 Å². The average molecular weight is 1100 g/mol. The summed E-state index contributed by atoms with van der Waals surface area (Å²) in [5.74, 6) is -0.814. The van der Waals surface area contributed by atoms with Crippen molar-refractivity contribution in [3.8, 4) is 17.6 Å². The minimum atomic E-state index is -0.707. The van der Waals surface area contributed by atoms with Gasteiger partial charge in [0, 0.05) is 58.1 Å². The van der Waals surface area contributed by atoms with Crippen molar-refractivity contribution in [2.24, 2.45) is 0 Å². The summed E-state index contributed by atoms with van der Waals surface area (Å²) in [5.41, 5.74) is 4.27. The van der Waals surface area contributed by atoms with E-state index in [4.69, 9.17) is 23.7 Å². The molecule has 3 N–H and O–H groups in total. The largest absolute Gasteiger partial charge is 0.494 e. The number of ether oxygens (including phenoxy) is 5. The van der Waals surface area contributed by atoms with E-state index in [1.54, 1.807) is 0 Å². The van der Waals surface area contributed by atoms with E-state index in [0.717, 1.165) is 67.6 Å². The Morgan fingerprint density at radius 2 is 1.62 bits per heavy atom. The molecular weight excluding hydrogens is 1020 g/mol. The quantitative estimate of drug-likeness (QED) is 0.0168. The van der Waals surface area contributed by atoms with Crippen LogP contribution in [0, 0.1) is 11.3 Å². The number of carbonyl (C=O) groups is 3. The number of pyridine rings is 1. The Balaban J connectivity index is 0.948. The third-order valence-electron chi connectivity index (χ3n) is 13.0. The van der Waals surface area contributed by atoms with Crippen LogP contribution in [0.15, 0.2) is 48.6 Å². The van der Waals surface area contributed by atoms with E-state index in [1.165, 1.54) is 41.0 Å². The first-order valence-electron chi connectivity index (χ1n) is 24.9. The smallest absolute Gasteiger partial charge is 0.147 e. The van der Waals surface area contributed by atoms with E-state index in [1.807, 2.05) is 12.1 Å². The number of alkyl halides is 2. The fourth-order valence-electron chi connectivity index (χ4n) is 9.20. The van der Waals surface area contributed by atoms with Gasteiger partial charge in [-0.25, -0.2) is 9.97 Å². The number of nitrogens with zero attached hydrogens (tertiary/aromatic N) is 8. The summed E-state index contributed by atoms with van der Waals surface area (Å²) >= 11 is 0.159. The van der Waals surface area contributed by atoms with Gasteiger partial charge in [-0.15, -0.1) is 5.10 Å². The third kappa shape index (κ3) is 15.6. The van der Waals surface area contributed by atoms with Crippen molar-refractivity contribution in [1.29, 1.82) is 5.26 Å². The predicted molar refractivity (Wildman–Crippen MR) is 264 cm³/mol. The minimum Gasteiger partial charge on any atom is -0.494 e. The average Bonchev–Trinajstić information content (AvgIpc) is 4.08. The number of benzene rings is 1. The van der Waals surface area contributed by atoms with Crippen LogP contribution in [0.1, 0.15) is 96.8 Å². The summed E-state index contributed by atoms with van der Waals surface area (Å²) in [6.45, 7) is 13.1. The van der Waals surface area contributed by atoms with Crippen molar-refractivity contribution in [1.82, 2.24) is 44.7 Å². The number of piperidine rings is 1. The number of halogens is 1. The number of aliphatic hydroxyl groups is 1.